The largest absolute Gasteiger partial charge is 0.446 e. The first-order valence-electron chi connectivity index (χ1n) is 10.8. The van der Waals surface area contributed by atoms with Crippen LogP contribution in [0.3, 0.4) is 0 Å². The summed E-state index contributed by atoms with van der Waals surface area (Å²) in [5.41, 5.74) is 5.86. The molecule has 4 aromatic heterocycles. The third kappa shape index (κ3) is 4.73. The summed E-state index contributed by atoms with van der Waals surface area (Å²) in [6.07, 6.45) is 3.01. The Hall–Kier alpha value is -4.39. The number of carbonyl (C=O) groups is 1. The number of hydrogen-bond donors (Lipinski definition) is 3. The van der Waals surface area contributed by atoms with E-state index < -0.39 is 18.3 Å². The summed E-state index contributed by atoms with van der Waals surface area (Å²) in [5, 5.41) is 7.78. The maximum atomic E-state index is 14.5. The molecule has 6 rings (SSSR count). The average Bonchev–Trinajstić information content (AvgIpc) is 3.47. The lowest BCUT2D eigenvalue weighted by atomic mass is 10.1. The molecule has 5 heterocycles. The van der Waals surface area contributed by atoms with Gasteiger partial charge in [0, 0.05) is 54.2 Å². The van der Waals surface area contributed by atoms with Gasteiger partial charge in [-0.1, -0.05) is 0 Å². The molecule has 0 amide bonds. The molecule has 1 aliphatic heterocycles. The van der Waals surface area contributed by atoms with E-state index in [4.69, 9.17) is 4.79 Å². The zero-order valence-electron chi connectivity index (χ0n) is 18.5. The number of aromatic nitrogens is 6. The minimum Gasteiger partial charge on any atom is -0.358 e. The number of fused-ring (bicyclic) bond motifs is 4. The first-order valence-corrected chi connectivity index (χ1v) is 10.8. The highest BCUT2D eigenvalue weighted by Crippen LogP contribution is 2.29. The average molecular weight is 498 g/mol. The zero-order valence-corrected chi connectivity index (χ0v) is 18.5. The van der Waals surface area contributed by atoms with Gasteiger partial charge in [0.15, 0.2) is 11.5 Å². The maximum Gasteiger partial charge on any atom is 0.446 e. The molecular weight excluding hydrogens is 480 g/mol. The third-order valence-electron chi connectivity index (χ3n) is 5.54. The van der Waals surface area contributed by atoms with E-state index in [1.54, 1.807) is 29.2 Å². The second-order valence-corrected chi connectivity index (χ2v) is 7.89. The Morgan fingerprint density at radius 3 is 2.78 bits per heavy atom. The van der Waals surface area contributed by atoms with Crippen LogP contribution in [0.1, 0.15) is 11.3 Å². The van der Waals surface area contributed by atoms with Crippen LogP contribution >= 0.6 is 0 Å². The van der Waals surface area contributed by atoms with E-state index in [9.17, 15) is 17.6 Å². The molecule has 0 radical (unpaired) electrons. The lowest BCUT2D eigenvalue weighted by molar-refractivity contribution is -0.156. The lowest BCUT2D eigenvalue weighted by Gasteiger charge is -2.12. The molecule has 0 fully saturated rings. The van der Waals surface area contributed by atoms with E-state index in [0.29, 0.717) is 17.3 Å². The number of nitrogens with one attached hydrogen (secondary N) is 3. The Morgan fingerprint density at radius 1 is 1.14 bits per heavy atom. The molecule has 184 valence electrons. The molecule has 0 saturated heterocycles. The molecule has 13 heteroatoms. The number of rotatable bonds is 3. The Morgan fingerprint density at radius 2 is 1.97 bits per heavy atom. The Kier molecular flexibility index (Phi) is 6.06. The van der Waals surface area contributed by atoms with Crippen LogP contribution in [0.5, 0.6) is 0 Å². The molecule has 0 bridgehead atoms. The van der Waals surface area contributed by atoms with E-state index >= 15 is 0 Å². The van der Waals surface area contributed by atoms with Crippen LogP contribution in [0.25, 0.3) is 27.9 Å². The van der Waals surface area contributed by atoms with Crippen LogP contribution in [-0.2, 0) is 17.8 Å². The summed E-state index contributed by atoms with van der Waals surface area (Å²) in [7, 11) is 0. The van der Waals surface area contributed by atoms with Crippen molar-refractivity contribution in [3.63, 3.8) is 0 Å². The van der Waals surface area contributed by atoms with Gasteiger partial charge in [0.2, 0.25) is 12.2 Å². The maximum absolute atomic E-state index is 14.5. The van der Waals surface area contributed by atoms with Gasteiger partial charge in [-0.3, -0.25) is 14.2 Å². The topological polar surface area (TPSA) is 113 Å². The Balaban J connectivity index is 0.000000400. The van der Waals surface area contributed by atoms with Crippen molar-refractivity contribution in [1.82, 2.24) is 34.6 Å². The number of imidazole rings is 1. The standard InChI is InChI=1S/C21H17FN8.C2HF3O/c22-15-9-26-21(29-20(15)18-10-25-19-11-24-5-6-30(18)19)27-12-1-2-16-13(7-12)14-8-23-4-3-17(14)28-16;3-2(4,5)1-6/h1-2,5-7,9-11,23,28H,3-4,8H2,(H,26,27,29);1H. The summed E-state index contributed by atoms with van der Waals surface area (Å²) in [6, 6.07) is 6.08. The Bertz CT molecular complexity index is 1560. The van der Waals surface area contributed by atoms with Gasteiger partial charge in [-0.25, -0.2) is 19.3 Å². The summed E-state index contributed by atoms with van der Waals surface area (Å²) in [4.78, 5) is 29.0. The predicted molar refractivity (Wildman–Crippen MR) is 123 cm³/mol. The Labute approximate surface area is 200 Å². The van der Waals surface area contributed by atoms with E-state index in [-0.39, 0.29) is 5.69 Å². The summed E-state index contributed by atoms with van der Waals surface area (Å²) >= 11 is 0. The van der Waals surface area contributed by atoms with Crippen molar-refractivity contribution in [1.29, 1.82) is 0 Å². The smallest absolute Gasteiger partial charge is 0.358 e. The summed E-state index contributed by atoms with van der Waals surface area (Å²) < 4.78 is 47.5. The number of aromatic amines is 1. The number of carbonyl (C=O) groups excluding carboxylic acids is 1. The molecule has 1 aliphatic rings. The molecule has 0 atom stereocenters. The highest BCUT2D eigenvalue weighted by molar-refractivity contribution is 5.88. The molecule has 0 aliphatic carbocycles. The predicted octanol–water partition coefficient (Wildman–Crippen LogP) is 3.94. The van der Waals surface area contributed by atoms with Crippen molar-refractivity contribution in [3.05, 3.63) is 66.3 Å². The van der Waals surface area contributed by atoms with Gasteiger partial charge in [0.25, 0.3) is 0 Å². The second kappa shape index (κ2) is 9.34. The van der Waals surface area contributed by atoms with Crippen LogP contribution < -0.4 is 10.6 Å². The SMILES string of the molecule is Fc1cnc(Nc2ccc3[nH]c4c(c3c2)CNCC4)nc1-c1cnc2cnccn12.O=CC(F)(F)F. The molecule has 5 aromatic rings. The molecule has 9 nitrogen and oxygen atoms in total. The second-order valence-electron chi connectivity index (χ2n) is 7.89. The van der Waals surface area contributed by atoms with Gasteiger partial charge in [-0.2, -0.15) is 13.2 Å². The van der Waals surface area contributed by atoms with Gasteiger partial charge < -0.3 is 15.6 Å². The molecule has 36 heavy (non-hydrogen) atoms. The fourth-order valence-electron chi connectivity index (χ4n) is 3.98. The van der Waals surface area contributed by atoms with E-state index in [0.717, 1.165) is 30.7 Å². The van der Waals surface area contributed by atoms with Crippen molar-refractivity contribution < 1.29 is 22.4 Å². The number of H-pyrrole nitrogens is 1. The van der Waals surface area contributed by atoms with Crippen molar-refractivity contribution in [2.24, 2.45) is 0 Å². The quantitative estimate of drug-likeness (QED) is 0.255. The molecule has 0 saturated carbocycles. The van der Waals surface area contributed by atoms with Gasteiger partial charge in [0.1, 0.15) is 5.69 Å². The van der Waals surface area contributed by atoms with Crippen LogP contribution in [0, 0.1) is 5.82 Å². The number of benzene rings is 1. The first-order chi connectivity index (χ1) is 17.3. The number of nitrogens with zero attached hydrogens (tertiary/aromatic N) is 5. The fourth-order valence-corrected chi connectivity index (χ4v) is 3.98. The van der Waals surface area contributed by atoms with Crippen molar-refractivity contribution >= 4 is 34.5 Å². The number of alkyl halides is 3. The molecule has 3 N–H and O–H groups in total. The van der Waals surface area contributed by atoms with Crippen molar-refractivity contribution in [3.8, 4) is 11.4 Å². The minimum absolute atomic E-state index is 0.176. The third-order valence-corrected chi connectivity index (χ3v) is 5.54. The number of aldehydes is 1. The highest BCUT2D eigenvalue weighted by atomic mass is 19.4. The lowest BCUT2D eigenvalue weighted by Crippen LogP contribution is -2.22. The normalized spacial score (nSPS) is 13.2. The molecular formula is C23H18F4N8O. The highest BCUT2D eigenvalue weighted by Gasteiger charge is 2.25. The van der Waals surface area contributed by atoms with Gasteiger partial charge in [0.05, 0.1) is 24.3 Å². The van der Waals surface area contributed by atoms with Gasteiger partial charge in [-0.15, -0.1) is 0 Å². The zero-order chi connectivity index (χ0) is 25.3. The molecule has 0 spiro atoms. The van der Waals surface area contributed by atoms with E-state index in [2.05, 4.69) is 41.6 Å². The summed E-state index contributed by atoms with van der Waals surface area (Å²) in [5.74, 6) is -0.197. The van der Waals surface area contributed by atoms with Gasteiger partial charge >= 0.3 is 6.18 Å². The van der Waals surface area contributed by atoms with E-state index in [1.807, 2.05) is 12.1 Å². The van der Waals surface area contributed by atoms with E-state index in [1.165, 1.54) is 22.8 Å². The molecule has 0 unspecified atom stereocenters. The number of anilines is 2. The van der Waals surface area contributed by atoms with Crippen molar-refractivity contribution in [2.75, 3.05) is 11.9 Å². The molecule has 1 aromatic carbocycles. The van der Waals surface area contributed by atoms with Crippen LogP contribution in [0.2, 0.25) is 0 Å². The minimum atomic E-state index is -4.64. The van der Waals surface area contributed by atoms with Gasteiger partial charge in [-0.05, 0) is 23.8 Å². The van der Waals surface area contributed by atoms with Crippen LogP contribution in [0.15, 0.2) is 49.2 Å². The van der Waals surface area contributed by atoms with Crippen LogP contribution in [0.4, 0.5) is 29.2 Å². The number of halogens is 4. The fraction of sp³-hybridized carbons (Fsp3) is 0.174. The summed E-state index contributed by atoms with van der Waals surface area (Å²) in [6.45, 7) is 1.83. The first kappa shape index (κ1) is 23.4. The van der Waals surface area contributed by atoms with Crippen LogP contribution in [-0.4, -0.2) is 48.3 Å². The number of hydrogen-bond acceptors (Lipinski definition) is 7. The van der Waals surface area contributed by atoms with Crippen molar-refractivity contribution in [2.45, 2.75) is 19.1 Å². The monoisotopic (exact) mass is 498 g/mol.